The van der Waals surface area contributed by atoms with E-state index in [1.807, 2.05) is 0 Å². The standard InChI is InChI=1S/C12H28N2O2/c1-11(2)14-8-6-5-7-13-9-12(16-4)10-15-3/h11-14H,5-10H2,1-4H3. The first-order valence-electron chi connectivity index (χ1n) is 6.16. The zero-order valence-electron chi connectivity index (χ0n) is 11.2. The molecule has 0 spiro atoms. The predicted octanol–water partition coefficient (Wildman–Crippen LogP) is 1.02. The molecule has 16 heavy (non-hydrogen) atoms. The molecule has 0 fully saturated rings. The van der Waals surface area contributed by atoms with Crippen LogP contribution in [0.25, 0.3) is 0 Å². The third-order valence-corrected chi connectivity index (χ3v) is 2.39. The minimum atomic E-state index is 0.166. The Balaban J connectivity index is 3.19. The first-order chi connectivity index (χ1) is 7.70. The Morgan fingerprint density at radius 1 is 1.06 bits per heavy atom. The molecule has 0 aromatic carbocycles. The largest absolute Gasteiger partial charge is 0.382 e. The number of hydrogen-bond acceptors (Lipinski definition) is 4. The van der Waals surface area contributed by atoms with E-state index >= 15 is 0 Å². The second-order valence-electron chi connectivity index (χ2n) is 4.33. The van der Waals surface area contributed by atoms with Crippen molar-refractivity contribution in [3.63, 3.8) is 0 Å². The fourth-order valence-electron chi connectivity index (χ4n) is 1.42. The van der Waals surface area contributed by atoms with Crippen molar-refractivity contribution < 1.29 is 9.47 Å². The van der Waals surface area contributed by atoms with Gasteiger partial charge in [-0.3, -0.25) is 0 Å². The molecular formula is C12H28N2O2. The lowest BCUT2D eigenvalue weighted by Gasteiger charge is -2.15. The van der Waals surface area contributed by atoms with Gasteiger partial charge in [-0.15, -0.1) is 0 Å². The quantitative estimate of drug-likeness (QED) is 0.522. The molecule has 1 unspecified atom stereocenters. The first kappa shape index (κ1) is 15.8. The molecule has 0 heterocycles. The maximum absolute atomic E-state index is 5.25. The van der Waals surface area contributed by atoms with Crippen LogP contribution in [0.3, 0.4) is 0 Å². The monoisotopic (exact) mass is 232 g/mol. The van der Waals surface area contributed by atoms with Crippen LogP contribution in [0.2, 0.25) is 0 Å². The number of methoxy groups -OCH3 is 2. The van der Waals surface area contributed by atoms with Crippen molar-refractivity contribution in [2.75, 3.05) is 40.5 Å². The van der Waals surface area contributed by atoms with E-state index in [0.717, 1.165) is 19.6 Å². The molecule has 0 saturated carbocycles. The number of nitrogens with one attached hydrogen (secondary N) is 2. The van der Waals surface area contributed by atoms with Gasteiger partial charge in [0.05, 0.1) is 12.7 Å². The Morgan fingerprint density at radius 3 is 2.31 bits per heavy atom. The van der Waals surface area contributed by atoms with E-state index in [4.69, 9.17) is 9.47 Å². The van der Waals surface area contributed by atoms with Crippen molar-refractivity contribution in [1.82, 2.24) is 10.6 Å². The van der Waals surface area contributed by atoms with Gasteiger partial charge in [-0.05, 0) is 25.9 Å². The van der Waals surface area contributed by atoms with Gasteiger partial charge in [-0.2, -0.15) is 0 Å². The van der Waals surface area contributed by atoms with Gasteiger partial charge in [0.25, 0.3) is 0 Å². The number of rotatable bonds is 11. The van der Waals surface area contributed by atoms with E-state index in [9.17, 15) is 0 Å². The normalized spacial score (nSPS) is 13.3. The van der Waals surface area contributed by atoms with Crippen molar-refractivity contribution in [2.24, 2.45) is 0 Å². The van der Waals surface area contributed by atoms with E-state index in [-0.39, 0.29) is 6.10 Å². The van der Waals surface area contributed by atoms with Gasteiger partial charge in [-0.1, -0.05) is 13.8 Å². The zero-order chi connectivity index (χ0) is 12.2. The van der Waals surface area contributed by atoms with Gasteiger partial charge in [0.1, 0.15) is 0 Å². The van der Waals surface area contributed by atoms with Gasteiger partial charge in [0.2, 0.25) is 0 Å². The van der Waals surface area contributed by atoms with Gasteiger partial charge in [-0.25, -0.2) is 0 Å². The minimum absolute atomic E-state index is 0.166. The van der Waals surface area contributed by atoms with Crippen LogP contribution in [-0.4, -0.2) is 52.6 Å². The van der Waals surface area contributed by atoms with Crippen LogP contribution in [0.4, 0.5) is 0 Å². The number of ether oxygens (including phenoxy) is 2. The maximum Gasteiger partial charge on any atom is 0.0928 e. The van der Waals surface area contributed by atoms with E-state index in [2.05, 4.69) is 24.5 Å². The summed E-state index contributed by atoms with van der Waals surface area (Å²) in [5.74, 6) is 0. The Kier molecular flexibility index (Phi) is 11.2. The summed E-state index contributed by atoms with van der Waals surface area (Å²) in [6.45, 7) is 8.01. The van der Waals surface area contributed by atoms with Crippen LogP contribution < -0.4 is 10.6 Å². The zero-order valence-corrected chi connectivity index (χ0v) is 11.2. The number of hydrogen-bond donors (Lipinski definition) is 2. The molecular weight excluding hydrogens is 204 g/mol. The fourth-order valence-corrected chi connectivity index (χ4v) is 1.42. The molecule has 0 rings (SSSR count). The SMILES string of the molecule is COCC(CNCCCCNC(C)C)OC. The summed E-state index contributed by atoms with van der Waals surface area (Å²) in [6.07, 6.45) is 2.58. The van der Waals surface area contributed by atoms with Crippen molar-refractivity contribution in [1.29, 1.82) is 0 Å². The Hall–Kier alpha value is -0.160. The van der Waals surface area contributed by atoms with Crippen LogP contribution >= 0.6 is 0 Å². The van der Waals surface area contributed by atoms with E-state index in [1.54, 1.807) is 14.2 Å². The van der Waals surface area contributed by atoms with Crippen molar-refractivity contribution >= 4 is 0 Å². The summed E-state index contributed by atoms with van der Waals surface area (Å²) >= 11 is 0. The molecule has 0 aromatic rings. The van der Waals surface area contributed by atoms with Crippen LogP contribution in [0.5, 0.6) is 0 Å². The summed E-state index contributed by atoms with van der Waals surface area (Å²) in [6, 6.07) is 0.590. The van der Waals surface area contributed by atoms with Crippen molar-refractivity contribution in [2.45, 2.75) is 38.8 Å². The summed E-state index contributed by atoms with van der Waals surface area (Å²) in [4.78, 5) is 0. The maximum atomic E-state index is 5.25. The Labute approximate surface area is 100 Å². The van der Waals surface area contributed by atoms with Crippen LogP contribution in [0.1, 0.15) is 26.7 Å². The molecule has 0 aliphatic heterocycles. The highest BCUT2D eigenvalue weighted by Gasteiger charge is 2.04. The van der Waals surface area contributed by atoms with Crippen LogP contribution in [0.15, 0.2) is 0 Å². The molecule has 0 bridgehead atoms. The second kappa shape index (κ2) is 11.3. The van der Waals surface area contributed by atoms with Gasteiger partial charge < -0.3 is 20.1 Å². The fraction of sp³-hybridized carbons (Fsp3) is 1.00. The molecule has 0 aliphatic carbocycles. The van der Waals surface area contributed by atoms with E-state index in [0.29, 0.717) is 12.6 Å². The molecule has 4 nitrogen and oxygen atoms in total. The molecule has 0 aliphatic rings. The van der Waals surface area contributed by atoms with Crippen molar-refractivity contribution in [3.05, 3.63) is 0 Å². The summed E-state index contributed by atoms with van der Waals surface area (Å²) in [5.41, 5.74) is 0. The molecule has 0 saturated heterocycles. The van der Waals surface area contributed by atoms with E-state index < -0.39 is 0 Å². The average Bonchev–Trinajstić information content (AvgIpc) is 2.26. The average molecular weight is 232 g/mol. The van der Waals surface area contributed by atoms with Crippen LogP contribution in [-0.2, 0) is 9.47 Å². The lowest BCUT2D eigenvalue weighted by atomic mass is 10.3. The topological polar surface area (TPSA) is 42.5 Å². The molecule has 4 heteroatoms. The molecule has 98 valence electrons. The smallest absolute Gasteiger partial charge is 0.0928 e. The summed E-state index contributed by atoms with van der Waals surface area (Å²) in [5, 5.41) is 6.78. The van der Waals surface area contributed by atoms with Crippen LogP contribution in [0, 0.1) is 0 Å². The predicted molar refractivity (Wildman–Crippen MR) is 67.9 cm³/mol. The first-order valence-corrected chi connectivity index (χ1v) is 6.16. The van der Waals surface area contributed by atoms with Gasteiger partial charge in [0, 0.05) is 26.8 Å². The lowest BCUT2D eigenvalue weighted by molar-refractivity contribution is 0.0290. The second-order valence-corrected chi connectivity index (χ2v) is 4.33. The Bertz CT molecular complexity index is 143. The van der Waals surface area contributed by atoms with Gasteiger partial charge >= 0.3 is 0 Å². The molecule has 0 radical (unpaired) electrons. The summed E-state index contributed by atoms with van der Waals surface area (Å²) < 4.78 is 10.3. The minimum Gasteiger partial charge on any atom is -0.382 e. The molecule has 0 aromatic heterocycles. The highest BCUT2D eigenvalue weighted by Crippen LogP contribution is 1.90. The highest BCUT2D eigenvalue weighted by atomic mass is 16.5. The molecule has 2 N–H and O–H groups in total. The Morgan fingerprint density at radius 2 is 1.75 bits per heavy atom. The third kappa shape index (κ3) is 10.4. The third-order valence-electron chi connectivity index (χ3n) is 2.39. The summed E-state index contributed by atoms with van der Waals surface area (Å²) in [7, 11) is 3.42. The van der Waals surface area contributed by atoms with Gasteiger partial charge in [0.15, 0.2) is 0 Å². The molecule has 1 atom stereocenters. The number of unbranched alkanes of at least 4 members (excludes halogenated alkanes) is 1. The highest BCUT2D eigenvalue weighted by molar-refractivity contribution is 4.60. The molecule has 0 amide bonds. The van der Waals surface area contributed by atoms with Crippen molar-refractivity contribution in [3.8, 4) is 0 Å². The van der Waals surface area contributed by atoms with E-state index in [1.165, 1.54) is 12.8 Å². The lowest BCUT2D eigenvalue weighted by Crippen LogP contribution is -2.32.